The van der Waals surface area contributed by atoms with Gasteiger partial charge in [-0.25, -0.2) is 4.39 Å². The minimum atomic E-state index is -0.362. The number of methoxy groups -OCH3 is 1. The van der Waals surface area contributed by atoms with Gasteiger partial charge in [-0.05, 0) is 18.9 Å². The van der Waals surface area contributed by atoms with Crippen molar-refractivity contribution in [3.8, 4) is 0 Å². The average molecular weight is 315 g/mol. The summed E-state index contributed by atoms with van der Waals surface area (Å²) in [5.74, 6) is -0.337. The van der Waals surface area contributed by atoms with Gasteiger partial charge in [-0.2, -0.15) is 0 Å². The van der Waals surface area contributed by atoms with Crippen molar-refractivity contribution < 1.29 is 13.9 Å². The number of nitrogens with one attached hydrogen (secondary N) is 1. The van der Waals surface area contributed by atoms with Crippen LogP contribution in [0, 0.1) is 5.82 Å². The lowest BCUT2D eigenvalue weighted by atomic mass is 10.0. The van der Waals surface area contributed by atoms with E-state index < -0.39 is 0 Å². The van der Waals surface area contributed by atoms with E-state index in [4.69, 9.17) is 16.3 Å². The lowest BCUT2D eigenvalue weighted by Crippen LogP contribution is -2.45. The summed E-state index contributed by atoms with van der Waals surface area (Å²) in [6.07, 6.45) is 1.72. The molecule has 0 spiro atoms. The highest BCUT2D eigenvalue weighted by molar-refractivity contribution is 6.30. The van der Waals surface area contributed by atoms with E-state index in [9.17, 15) is 9.18 Å². The number of likely N-dealkylation sites (tertiary alicyclic amines) is 1. The van der Waals surface area contributed by atoms with E-state index in [1.54, 1.807) is 18.2 Å². The lowest BCUT2D eigenvalue weighted by molar-refractivity contribution is -0.136. The van der Waals surface area contributed by atoms with Crippen molar-refractivity contribution in [1.82, 2.24) is 10.2 Å². The molecule has 1 saturated heterocycles. The molecule has 0 saturated carbocycles. The average Bonchev–Trinajstić information content (AvgIpc) is 2.49. The standard InChI is InChI=1S/C15H20ClFN2O2/c1-21-10-14(20)19-7-5-12(6-8-19)18-9-11-3-2-4-13(16)15(11)17/h2-4,12,18H,5-10H2,1H3. The molecule has 1 fully saturated rings. The van der Waals surface area contributed by atoms with Crippen LogP contribution in [0.4, 0.5) is 4.39 Å². The number of hydrogen-bond acceptors (Lipinski definition) is 3. The van der Waals surface area contributed by atoms with E-state index in [0.717, 1.165) is 12.8 Å². The van der Waals surface area contributed by atoms with Gasteiger partial charge in [-0.1, -0.05) is 23.7 Å². The third-order valence-corrected chi connectivity index (χ3v) is 4.02. The molecule has 1 aliphatic rings. The number of hydrogen-bond donors (Lipinski definition) is 1. The van der Waals surface area contributed by atoms with Crippen LogP contribution in [0.3, 0.4) is 0 Å². The Kier molecular flexibility index (Phi) is 5.96. The minimum Gasteiger partial charge on any atom is -0.375 e. The molecule has 0 aliphatic carbocycles. The van der Waals surface area contributed by atoms with Crippen LogP contribution in [0.1, 0.15) is 18.4 Å². The molecule has 6 heteroatoms. The summed E-state index contributed by atoms with van der Waals surface area (Å²) in [6, 6.07) is 5.30. The second-order valence-electron chi connectivity index (χ2n) is 5.18. The predicted octanol–water partition coefficient (Wildman–Crippen LogP) is 2.21. The molecule has 0 bridgehead atoms. The fourth-order valence-corrected chi connectivity index (χ4v) is 2.68. The van der Waals surface area contributed by atoms with Crippen LogP contribution in [0.25, 0.3) is 0 Å². The van der Waals surface area contributed by atoms with E-state index in [2.05, 4.69) is 5.32 Å². The van der Waals surface area contributed by atoms with Crippen molar-refractivity contribution in [3.05, 3.63) is 34.6 Å². The van der Waals surface area contributed by atoms with Crippen LogP contribution in [0.5, 0.6) is 0 Å². The Balaban J connectivity index is 1.79. The van der Waals surface area contributed by atoms with Crippen molar-refractivity contribution in [3.63, 3.8) is 0 Å². The number of piperidine rings is 1. The Labute approximate surface area is 129 Å². The third-order valence-electron chi connectivity index (χ3n) is 3.73. The van der Waals surface area contributed by atoms with Gasteiger partial charge in [0.05, 0.1) is 5.02 Å². The molecule has 21 heavy (non-hydrogen) atoms. The van der Waals surface area contributed by atoms with E-state index in [-0.39, 0.29) is 29.4 Å². The summed E-state index contributed by atoms with van der Waals surface area (Å²) in [6.45, 7) is 1.99. The zero-order valence-electron chi connectivity index (χ0n) is 12.1. The van der Waals surface area contributed by atoms with Crippen LogP contribution >= 0.6 is 11.6 Å². The quantitative estimate of drug-likeness (QED) is 0.906. The predicted molar refractivity (Wildman–Crippen MR) is 79.7 cm³/mol. The highest BCUT2D eigenvalue weighted by Gasteiger charge is 2.22. The lowest BCUT2D eigenvalue weighted by Gasteiger charge is -2.32. The summed E-state index contributed by atoms with van der Waals surface area (Å²) in [7, 11) is 1.52. The van der Waals surface area contributed by atoms with Gasteiger partial charge >= 0.3 is 0 Å². The van der Waals surface area contributed by atoms with Gasteiger partial charge in [0.25, 0.3) is 0 Å². The Bertz CT molecular complexity index is 491. The van der Waals surface area contributed by atoms with Gasteiger partial charge in [0.15, 0.2) is 0 Å². The summed E-state index contributed by atoms with van der Waals surface area (Å²) in [5, 5.41) is 3.48. The number of nitrogens with zero attached hydrogens (tertiary/aromatic N) is 1. The first-order valence-electron chi connectivity index (χ1n) is 7.04. The molecule has 0 aromatic heterocycles. The fourth-order valence-electron chi connectivity index (χ4n) is 2.49. The van der Waals surface area contributed by atoms with E-state index in [1.807, 2.05) is 4.90 Å². The molecule has 4 nitrogen and oxygen atoms in total. The summed E-state index contributed by atoms with van der Waals surface area (Å²) < 4.78 is 18.6. The smallest absolute Gasteiger partial charge is 0.248 e. The molecule has 0 radical (unpaired) electrons. The molecule has 2 rings (SSSR count). The first kappa shape index (κ1) is 16.2. The third kappa shape index (κ3) is 4.40. The Morgan fingerprint density at radius 2 is 2.19 bits per heavy atom. The molecule has 0 unspecified atom stereocenters. The Morgan fingerprint density at radius 1 is 1.48 bits per heavy atom. The van der Waals surface area contributed by atoms with Crippen LogP contribution < -0.4 is 5.32 Å². The normalized spacial score (nSPS) is 16.2. The van der Waals surface area contributed by atoms with E-state index in [0.29, 0.717) is 25.2 Å². The minimum absolute atomic E-state index is 0.0248. The number of carbonyl (C=O) groups excluding carboxylic acids is 1. The maximum atomic E-state index is 13.8. The number of rotatable bonds is 5. The van der Waals surface area contributed by atoms with E-state index >= 15 is 0 Å². The van der Waals surface area contributed by atoms with Gasteiger partial charge in [-0.3, -0.25) is 4.79 Å². The largest absolute Gasteiger partial charge is 0.375 e. The maximum absolute atomic E-state index is 13.8. The number of carbonyl (C=O) groups is 1. The van der Waals surface area contributed by atoms with Crippen molar-refractivity contribution in [2.75, 3.05) is 26.8 Å². The molecule has 1 amide bonds. The van der Waals surface area contributed by atoms with Gasteiger partial charge < -0.3 is 15.0 Å². The number of benzene rings is 1. The highest BCUT2D eigenvalue weighted by Crippen LogP contribution is 2.18. The molecule has 116 valence electrons. The van der Waals surface area contributed by atoms with Gasteiger partial charge in [0.1, 0.15) is 12.4 Å². The molecule has 1 aliphatic heterocycles. The molecular formula is C15H20ClFN2O2. The molecule has 1 N–H and O–H groups in total. The van der Waals surface area contributed by atoms with Crippen LogP contribution in [0.15, 0.2) is 18.2 Å². The van der Waals surface area contributed by atoms with Gasteiger partial charge in [0, 0.05) is 38.3 Å². The number of ether oxygens (including phenoxy) is 1. The monoisotopic (exact) mass is 314 g/mol. The summed E-state index contributed by atoms with van der Waals surface area (Å²) >= 11 is 5.76. The van der Waals surface area contributed by atoms with Crippen molar-refractivity contribution in [2.24, 2.45) is 0 Å². The Hall–Kier alpha value is -1.17. The SMILES string of the molecule is COCC(=O)N1CCC(NCc2cccc(Cl)c2F)CC1. The van der Waals surface area contributed by atoms with E-state index in [1.165, 1.54) is 7.11 Å². The highest BCUT2D eigenvalue weighted by atomic mass is 35.5. The first-order valence-corrected chi connectivity index (χ1v) is 7.42. The zero-order valence-corrected chi connectivity index (χ0v) is 12.8. The Morgan fingerprint density at radius 3 is 2.86 bits per heavy atom. The maximum Gasteiger partial charge on any atom is 0.248 e. The van der Waals surface area contributed by atoms with Gasteiger partial charge in [-0.15, -0.1) is 0 Å². The fraction of sp³-hybridized carbons (Fsp3) is 0.533. The van der Waals surface area contributed by atoms with Crippen molar-refractivity contribution in [1.29, 1.82) is 0 Å². The molecule has 1 aromatic carbocycles. The van der Waals surface area contributed by atoms with Crippen LogP contribution in [-0.4, -0.2) is 43.7 Å². The van der Waals surface area contributed by atoms with Crippen LogP contribution in [-0.2, 0) is 16.1 Å². The molecular weight excluding hydrogens is 295 g/mol. The topological polar surface area (TPSA) is 41.6 Å². The number of amides is 1. The molecule has 1 aromatic rings. The second kappa shape index (κ2) is 7.73. The first-order chi connectivity index (χ1) is 10.1. The molecule has 0 atom stereocenters. The van der Waals surface area contributed by atoms with Gasteiger partial charge in [0.2, 0.25) is 5.91 Å². The van der Waals surface area contributed by atoms with Crippen molar-refractivity contribution in [2.45, 2.75) is 25.4 Å². The zero-order chi connectivity index (χ0) is 15.2. The van der Waals surface area contributed by atoms with Crippen molar-refractivity contribution >= 4 is 17.5 Å². The summed E-state index contributed by atoms with van der Waals surface area (Å²) in [4.78, 5) is 13.5. The van der Waals surface area contributed by atoms with Crippen LogP contribution in [0.2, 0.25) is 5.02 Å². The summed E-state index contributed by atoms with van der Waals surface area (Å²) in [5.41, 5.74) is 0.570. The molecule has 1 heterocycles. The second-order valence-corrected chi connectivity index (χ2v) is 5.59. The number of halogens is 2.